The Morgan fingerprint density at radius 1 is 0.489 bits per heavy atom. The Hall–Kier alpha value is -3.54. The molecule has 6 heteroatoms. The highest BCUT2D eigenvalue weighted by Crippen LogP contribution is 2.34. The fourth-order valence-electron chi connectivity index (χ4n) is 7.35. The highest BCUT2D eigenvalue weighted by Gasteiger charge is 2.21. The van der Waals surface area contributed by atoms with Crippen molar-refractivity contribution in [2.24, 2.45) is 23.7 Å². The highest BCUT2D eigenvalue weighted by molar-refractivity contribution is 5.55. The molecule has 6 rings (SSSR count). The summed E-state index contributed by atoms with van der Waals surface area (Å²) in [5, 5.41) is 0. The summed E-state index contributed by atoms with van der Waals surface area (Å²) in [7, 11) is 0. The van der Waals surface area contributed by atoms with Gasteiger partial charge in [-0.3, -0.25) is 0 Å². The van der Waals surface area contributed by atoms with Crippen LogP contribution in [0.1, 0.15) is 108 Å². The summed E-state index contributed by atoms with van der Waals surface area (Å²) in [6.07, 6.45) is 27.6. The Morgan fingerprint density at radius 3 is 1.17 bits per heavy atom. The van der Waals surface area contributed by atoms with Gasteiger partial charge in [-0.15, -0.1) is 0 Å². The molecule has 2 aromatic carbocycles. The summed E-state index contributed by atoms with van der Waals surface area (Å²) in [5.74, 6) is 4.54. The van der Waals surface area contributed by atoms with Crippen LogP contribution in [0.5, 0.6) is 0 Å². The molecule has 250 valence electrons. The van der Waals surface area contributed by atoms with E-state index in [-0.39, 0.29) is 11.6 Å². The molecule has 0 spiro atoms. The molecule has 0 aliphatic heterocycles. The van der Waals surface area contributed by atoms with Crippen molar-refractivity contribution >= 4 is 0 Å². The van der Waals surface area contributed by atoms with E-state index in [4.69, 9.17) is 0 Å². The van der Waals surface area contributed by atoms with Gasteiger partial charge in [0.2, 0.25) is 0 Å². The molecule has 0 N–H and O–H groups in total. The number of hydrogen-bond donors (Lipinski definition) is 0. The third kappa shape index (κ3) is 11.0. The van der Waals surface area contributed by atoms with Gasteiger partial charge in [-0.25, -0.2) is 28.7 Å². The lowest BCUT2D eigenvalue weighted by Gasteiger charge is -2.28. The average Bonchev–Trinajstić information content (AvgIpc) is 3.12. The number of hydrogen-bond acceptors (Lipinski definition) is 4. The molecule has 2 aliphatic rings. The summed E-state index contributed by atoms with van der Waals surface area (Å²) in [5.41, 5.74) is 4.12. The lowest BCUT2D eigenvalue weighted by molar-refractivity contribution is 0.252. The van der Waals surface area contributed by atoms with E-state index in [2.05, 4.69) is 33.8 Å². The summed E-state index contributed by atoms with van der Waals surface area (Å²) in [6.45, 7) is 4.60. The first kappa shape index (κ1) is 34.8. The Balaban J connectivity index is 0.000000185. The molecular formula is C41H52F2N4. The molecule has 4 nitrogen and oxygen atoms in total. The third-order valence-electron chi connectivity index (χ3n) is 10.5. The fraction of sp³-hybridized carbons (Fsp3) is 0.512. The van der Waals surface area contributed by atoms with Gasteiger partial charge in [-0.05, 0) is 109 Å². The predicted octanol–water partition coefficient (Wildman–Crippen LogP) is 11.3. The topological polar surface area (TPSA) is 51.6 Å². The van der Waals surface area contributed by atoms with E-state index in [0.717, 1.165) is 47.6 Å². The Kier molecular flexibility index (Phi) is 13.4. The van der Waals surface area contributed by atoms with Gasteiger partial charge in [-0.1, -0.05) is 84.5 Å². The summed E-state index contributed by atoms with van der Waals surface area (Å²) < 4.78 is 25.9. The summed E-state index contributed by atoms with van der Waals surface area (Å²) in [4.78, 5) is 17.8. The zero-order valence-corrected chi connectivity index (χ0v) is 28.4. The number of aromatic nitrogens is 4. The third-order valence-corrected chi connectivity index (χ3v) is 10.5. The normalized spacial score (nSPS) is 21.1. The van der Waals surface area contributed by atoms with Crippen molar-refractivity contribution in [3.63, 3.8) is 0 Å². The minimum atomic E-state index is -0.233. The van der Waals surface area contributed by atoms with E-state index in [1.54, 1.807) is 24.3 Å². The fourth-order valence-corrected chi connectivity index (χ4v) is 7.35. The molecular weight excluding hydrogens is 586 g/mol. The first-order chi connectivity index (χ1) is 23.0. The van der Waals surface area contributed by atoms with Gasteiger partial charge >= 0.3 is 0 Å². The molecule has 0 radical (unpaired) electrons. The van der Waals surface area contributed by atoms with Crippen LogP contribution < -0.4 is 0 Å². The number of halogens is 2. The van der Waals surface area contributed by atoms with E-state index in [1.807, 2.05) is 24.8 Å². The quantitative estimate of drug-likeness (QED) is 0.164. The molecule has 2 heterocycles. The Bertz CT molecular complexity index is 1440. The molecule has 0 unspecified atom stereocenters. The maximum absolute atomic E-state index is 13.0. The molecule has 2 fully saturated rings. The van der Waals surface area contributed by atoms with Gasteiger partial charge < -0.3 is 0 Å². The van der Waals surface area contributed by atoms with Crippen LogP contribution in [-0.2, 0) is 12.8 Å². The first-order valence-electron chi connectivity index (χ1n) is 18.1. The van der Waals surface area contributed by atoms with Gasteiger partial charge in [0.1, 0.15) is 11.6 Å². The summed E-state index contributed by atoms with van der Waals surface area (Å²) >= 11 is 0. The van der Waals surface area contributed by atoms with Crippen molar-refractivity contribution in [2.75, 3.05) is 0 Å². The zero-order chi connectivity index (χ0) is 32.8. The smallest absolute Gasteiger partial charge is 0.159 e. The number of nitrogens with zero attached hydrogens (tertiary/aromatic N) is 4. The standard InChI is InChI=1S/C21H27FN2.C20H25FN2/c1-2-3-16-4-6-17(7-5-16)8-9-18-14-23-21(24-15-18)19-10-12-20(22)13-11-19;1-2-15-3-5-16(6-4-15)7-8-17-13-22-20(23-14-17)18-9-11-19(21)12-10-18/h10-17H,2-9H2,1H3;9-16H,2-8H2,1H3. The van der Waals surface area contributed by atoms with Gasteiger partial charge in [0, 0.05) is 35.9 Å². The van der Waals surface area contributed by atoms with Gasteiger partial charge in [-0.2, -0.15) is 0 Å². The zero-order valence-electron chi connectivity index (χ0n) is 28.4. The van der Waals surface area contributed by atoms with Crippen LogP contribution in [0, 0.1) is 35.3 Å². The van der Waals surface area contributed by atoms with E-state index in [9.17, 15) is 8.78 Å². The van der Waals surface area contributed by atoms with E-state index < -0.39 is 0 Å². The molecule has 47 heavy (non-hydrogen) atoms. The van der Waals surface area contributed by atoms with Crippen LogP contribution in [0.25, 0.3) is 22.8 Å². The van der Waals surface area contributed by atoms with Gasteiger partial charge in [0.25, 0.3) is 0 Å². The molecule has 0 bridgehead atoms. The lowest BCUT2D eigenvalue weighted by atomic mass is 9.78. The molecule has 2 aromatic heterocycles. The van der Waals surface area contributed by atoms with Gasteiger partial charge in [0.05, 0.1) is 0 Å². The van der Waals surface area contributed by atoms with Crippen LogP contribution in [0.4, 0.5) is 8.78 Å². The largest absolute Gasteiger partial charge is 0.236 e. The number of aryl methyl sites for hydroxylation is 2. The number of rotatable bonds is 11. The van der Waals surface area contributed by atoms with Crippen molar-refractivity contribution in [3.8, 4) is 22.8 Å². The van der Waals surface area contributed by atoms with Crippen molar-refractivity contribution in [1.29, 1.82) is 0 Å². The summed E-state index contributed by atoms with van der Waals surface area (Å²) in [6, 6.07) is 12.7. The van der Waals surface area contributed by atoms with Crippen molar-refractivity contribution in [1.82, 2.24) is 19.9 Å². The average molecular weight is 639 g/mol. The van der Waals surface area contributed by atoms with Crippen LogP contribution in [0.15, 0.2) is 73.3 Å². The monoisotopic (exact) mass is 638 g/mol. The van der Waals surface area contributed by atoms with Crippen molar-refractivity contribution < 1.29 is 8.78 Å². The minimum absolute atomic E-state index is 0.232. The highest BCUT2D eigenvalue weighted by atomic mass is 19.1. The first-order valence-corrected chi connectivity index (χ1v) is 18.1. The Morgan fingerprint density at radius 2 is 0.830 bits per heavy atom. The SMILES string of the molecule is CCC1CCC(CCc2cnc(-c3ccc(F)cc3)nc2)CC1.CCCC1CCC(CCc2cnc(-c3ccc(F)cc3)nc2)CC1. The van der Waals surface area contributed by atoms with E-state index >= 15 is 0 Å². The van der Waals surface area contributed by atoms with Crippen LogP contribution in [0.2, 0.25) is 0 Å². The van der Waals surface area contributed by atoms with Crippen LogP contribution in [-0.4, -0.2) is 19.9 Å². The van der Waals surface area contributed by atoms with Crippen LogP contribution >= 0.6 is 0 Å². The maximum atomic E-state index is 13.0. The maximum Gasteiger partial charge on any atom is 0.159 e. The molecule has 2 aliphatic carbocycles. The van der Waals surface area contributed by atoms with Gasteiger partial charge in [0.15, 0.2) is 11.6 Å². The second kappa shape index (κ2) is 18.1. The van der Waals surface area contributed by atoms with E-state index in [1.165, 1.54) is 119 Å². The second-order valence-corrected chi connectivity index (χ2v) is 13.9. The second-order valence-electron chi connectivity index (χ2n) is 13.9. The van der Waals surface area contributed by atoms with Crippen molar-refractivity contribution in [3.05, 3.63) is 96.1 Å². The predicted molar refractivity (Wildman–Crippen MR) is 188 cm³/mol. The molecule has 4 aromatic rings. The molecule has 0 saturated heterocycles. The minimum Gasteiger partial charge on any atom is -0.236 e. The molecule has 0 atom stereocenters. The van der Waals surface area contributed by atoms with E-state index in [0.29, 0.717) is 11.6 Å². The van der Waals surface area contributed by atoms with Crippen molar-refractivity contribution in [2.45, 2.75) is 110 Å². The molecule has 0 amide bonds. The van der Waals surface area contributed by atoms with Crippen LogP contribution in [0.3, 0.4) is 0 Å². The Labute approximate surface area is 280 Å². The molecule has 2 saturated carbocycles. The lowest BCUT2D eigenvalue weighted by Crippen LogP contribution is -2.15. The number of benzene rings is 2.